The number of methoxy groups -OCH3 is 1. The summed E-state index contributed by atoms with van der Waals surface area (Å²) in [6.45, 7) is 0. The molecule has 0 fully saturated rings. The number of aromatic nitrogens is 1. The van der Waals surface area contributed by atoms with Gasteiger partial charge in [0, 0.05) is 24.2 Å². The number of rotatable bonds is 7. The molecule has 0 aliphatic rings. The predicted molar refractivity (Wildman–Crippen MR) is 113 cm³/mol. The minimum atomic E-state index is -0.638. The lowest BCUT2D eigenvalue weighted by molar-refractivity contribution is 0.0955. The van der Waals surface area contributed by atoms with Crippen molar-refractivity contribution in [1.29, 1.82) is 0 Å². The van der Waals surface area contributed by atoms with E-state index in [1.165, 1.54) is 13.4 Å². The van der Waals surface area contributed by atoms with Crippen LogP contribution in [0.4, 0.5) is 10.5 Å². The summed E-state index contributed by atoms with van der Waals surface area (Å²) >= 11 is 5.88. The Bertz CT molecular complexity index is 1000. The normalized spacial score (nSPS) is 11.4. The molecule has 0 saturated carbocycles. The number of nitrogens with zero attached hydrogens (tertiary/aromatic N) is 1. The van der Waals surface area contributed by atoms with E-state index >= 15 is 0 Å². The largest absolute Gasteiger partial charge is 0.497 e. The molecule has 1 atom stereocenters. The molecule has 0 radical (unpaired) electrons. The van der Waals surface area contributed by atoms with Crippen LogP contribution in [0, 0.1) is 0 Å². The number of oxazole rings is 1. The molecule has 2 aromatic carbocycles. The van der Waals surface area contributed by atoms with E-state index in [2.05, 4.69) is 20.9 Å². The van der Waals surface area contributed by atoms with Crippen molar-refractivity contribution in [3.63, 3.8) is 0 Å². The number of hydrogen-bond donors (Lipinski definition) is 3. The van der Waals surface area contributed by atoms with Gasteiger partial charge in [0.1, 0.15) is 5.75 Å². The van der Waals surface area contributed by atoms with E-state index in [0.29, 0.717) is 17.1 Å². The lowest BCUT2D eigenvalue weighted by atomic mass is 10.0. The van der Waals surface area contributed by atoms with Crippen LogP contribution < -0.4 is 20.7 Å². The smallest absolute Gasteiger partial charge is 0.319 e. The van der Waals surface area contributed by atoms with Crippen molar-refractivity contribution in [3.05, 3.63) is 77.0 Å². The van der Waals surface area contributed by atoms with Gasteiger partial charge in [0.25, 0.3) is 5.91 Å². The van der Waals surface area contributed by atoms with Crippen molar-refractivity contribution in [2.24, 2.45) is 0 Å². The highest BCUT2D eigenvalue weighted by Crippen LogP contribution is 2.24. The second kappa shape index (κ2) is 9.80. The van der Waals surface area contributed by atoms with Crippen molar-refractivity contribution >= 4 is 29.2 Å². The molecule has 1 heterocycles. The standard InChI is InChI=1S/C21H21ClN4O4/c1-23-20(27)18-19(30-12-24-18)17(11-13-3-9-16(29-2)10-4-13)26-21(28)25-15-7-5-14(22)6-8-15/h3-10,12,17H,11H2,1-2H3,(H,23,27)(H2,25,26,28). The maximum Gasteiger partial charge on any atom is 0.319 e. The number of ether oxygens (including phenoxy) is 1. The fourth-order valence-electron chi connectivity index (χ4n) is 2.86. The van der Waals surface area contributed by atoms with Crippen molar-refractivity contribution in [1.82, 2.24) is 15.6 Å². The highest BCUT2D eigenvalue weighted by Gasteiger charge is 2.26. The number of nitrogens with one attached hydrogen (secondary N) is 3. The number of urea groups is 1. The number of carbonyl (C=O) groups excluding carboxylic acids is 2. The van der Waals surface area contributed by atoms with Gasteiger partial charge in [-0.1, -0.05) is 23.7 Å². The Labute approximate surface area is 178 Å². The molecular formula is C21H21ClN4O4. The van der Waals surface area contributed by atoms with Gasteiger partial charge in [-0.15, -0.1) is 0 Å². The summed E-state index contributed by atoms with van der Waals surface area (Å²) in [6, 6.07) is 13.0. The summed E-state index contributed by atoms with van der Waals surface area (Å²) < 4.78 is 10.7. The Balaban J connectivity index is 1.82. The summed E-state index contributed by atoms with van der Waals surface area (Å²) in [6.07, 6.45) is 1.55. The second-order valence-corrected chi connectivity index (χ2v) is 6.79. The minimum absolute atomic E-state index is 0.114. The zero-order valence-electron chi connectivity index (χ0n) is 16.4. The number of halogens is 1. The molecule has 3 rings (SSSR count). The van der Waals surface area contributed by atoms with Gasteiger partial charge in [-0.25, -0.2) is 9.78 Å². The van der Waals surface area contributed by atoms with Gasteiger partial charge in [-0.2, -0.15) is 0 Å². The maximum absolute atomic E-state index is 12.6. The minimum Gasteiger partial charge on any atom is -0.497 e. The average Bonchev–Trinajstić information content (AvgIpc) is 3.25. The number of amides is 3. The molecule has 0 saturated heterocycles. The first-order valence-electron chi connectivity index (χ1n) is 9.11. The third-order valence-electron chi connectivity index (χ3n) is 4.36. The molecule has 0 bridgehead atoms. The van der Waals surface area contributed by atoms with Crippen molar-refractivity contribution in [2.45, 2.75) is 12.5 Å². The topological polar surface area (TPSA) is 105 Å². The maximum atomic E-state index is 12.6. The van der Waals surface area contributed by atoms with Gasteiger partial charge in [-0.05, 0) is 42.0 Å². The molecule has 156 valence electrons. The first-order chi connectivity index (χ1) is 14.5. The number of benzene rings is 2. The fraction of sp³-hybridized carbons (Fsp3) is 0.190. The van der Waals surface area contributed by atoms with Crippen molar-refractivity contribution in [3.8, 4) is 5.75 Å². The van der Waals surface area contributed by atoms with Gasteiger partial charge in [0.2, 0.25) is 0 Å². The Hall–Kier alpha value is -3.52. The van der Waals surface area contributed by atoms with Crippen LogP contribution in [-0.2, 0) is 6.42 Å². The fourth-order valence-corrected chi connectivity index (χ4v) is 2.98. The van der Waals surface area contributed by atoms with Crippen LogP contribution in [0.2, 0.25) is 5.02 Å². The Morgan fingerprint density at radius 1 is 1.13 bits per heavy atom. The number of anilines is 1. The lowest BCUT2D eigenvalue weighted by Crippen LogP contribution is -2.35. The predicted octanol–water partition coefficient (Wildman–Crippen LogP) is 3.80. The highest BCUT2D eigenvalue weighted by molar-refractivity contribution is 6.30. The van der Waals surface area contributed by atoms with Crippen LogP contribution in [0.5, 0.6) is 5.75 Å². The van der Waals surface area contributed by atoms with E-state index in [-0.39, 0.29) is 11.5 Å². The average molecular weight is 429 g/mol. The third-order valence-corrected chi connectivity index (χ3v) is 4.61. The molecule has 8 nitrogen and oxygen atoms in total. The molecule has 0 aliphatic carbocycles. The van der Waals surface area contributed by atoms with E-state index in [4.69, 9.17) is 20.8 Å². The SMILES string of the molecule is CNC(=O)c1ncoc1C(Cc1ccc(OC)cc1)NC(=O)Nc1ccc(Cl)cc1. The van der Waals surface area contributed by atoms with Gasteiger partial charge in [0.15, 0.2) is 17.8 Å². The molecule has 3 amide bonds. The van der Waals surface area contributed by atoms with Gasteiger partial charge in [-0.3, -0.25) is 4.79 Å². The second-order valence-electron chi connectivity index (χ2n) is 6.35. The zero-order valence-corrected chi connectivity index (χ0v) is 17.2. The monoisotopic (exact) mass is 428 g/mol. The molecule has 1 aromatic heterocycles. The number of carbonyl (C=O) groups is 2. The first kappa shape index (κ1) is 21.2. The molecule has 3 aromatic rings. The van der Waals surface area contributed by atoms with Gasteiger partial charge in [0.05, 0.1) is 13.2 Å². The van der Waals surface area contributed by atoms with Crippen LogP contribution in [-0.4, -0.2) is 31.1 Å². The summed E-state index contributed by atoms with van der Waals surface area (Å²) in [7, 11) is 3.09. The molecule has 9 heteroatoms. The third kappa shape index (κ3) is 5.30. The molecule has 0 aliphatic heterocycles. The Morgan fingerprint density at radius 3 is 2.47 bits per heavy atom. The summed E-state index contributed by atoms with van der Waals surface area (Å²) in [5.41, 5.74) is 1.60. The van der Waals surface area contributed by atoms with Crippen molar-refractivity contribution in [2.75, 3.05) is 19.5 Å². The van der Waals surface area contributed by atoms with E-state index in [1.807, 2.05) is 24.3 Å². The zero-order chi connectivity index (χ0) is 21.5. The number of hydrogen-bond acceptors (Lipinski definition) is 5. The van der Waals surface area contributed by atoms with Crippen LogP contribution in [0.25, 0.3) is 0 Å². The van der Waals surface area contributed by atoms with E-state index in [0.717, 1.165) is 11.3 Å². The summed E-state index contributed by atoms with van der Waals surface area (Å²) in [5.74, 6) is 0.573. The molecule has 30 heavy (non-hydrogen) atoms. The van der Waals surface area contributed by atoms with Crippen LogP contribution in [0.15, 0.2) is 59.3 Å². The first-order valence-corrected chi connectivity index (χ1v) is 9.49. The Morgan fingerprint density at radius 2 is 1.83 bits per heavy atom. The quantitative estimate of drug-likeness (QED) is 0.530. The summed E-state index contributed by atoms with van der Waals surface area (Å²) in [4.78, 5) is 28.8. The van der Waals surface area contributed by atoms with Crippen molar-refractivity contribution < 1.29 is 18.7 Å². The molecule has 0 spiro atoms. The van der Waals surface area contributed by atoms with Crippen LogP contribution in [0.1, 0.15) is 27.9 Å². The van der Waals surface area contributed by atoms with E-state index < -0.39 is 18.0 Å². The van der Waals surface area contributed by atoms with Gasteiger partial charge >= 0.3 is 6.03 Å². The molecule has 3 N–H and O–H groups in total. The van der Waals surface area contributed by atoms with Crippen LogP contribution in [0.3, 0.4) is 0 Å². The van der Waals surface area contributed by atoms with E-state index in [9.17, 15) is 9.59 Å². The van der Waals surface area contributed by atoms with Gasteiger partial charge < -0.3 is 25.1 Å². The van der Waals surface area contributed by atoms with Crippen LogP contribution >= 0.6 is 11.6 Å². The Kier molecular flexibility index (Phi) is 6.92. The molecular weight excluding hydrogens is 408 g/mol. The highest BCUT2D eigenvalue weighted by atomic mass is 35.5. The lowest BCUT2D eigenvalue weighted by Gasteiger charge is -2.18. The molecule has 1 unspecified atom stereocenters. The summed E-state index contributed by atoms with van der Waals surface area (Å²) in [5, 5.41) is 8.67. The van der Waals surface area contributed by atoms with E-state index in [1.54, 1.807) is 31.4 Å².